The number of nitrogens with two attached hydrogens (primary N) is 3. The SMILES string of the molecule is COc1c(Cl)cccc1Nc1cc(Cl)nc2c1C(=O)N(C)C2.[C-]#[N+]c1nc(Cc2cc(Nc3cccc(Cl)c3OC)c3c(n2)CN(C)C3=O)cnc1C1CC1.[C-]#[N+]c1nc(N)cnc1Br.[C-]#[N+]c1nc(N)cnc1C1CC1.[C-]#[N+]c1nc(N)cnc1C1CC1. The van der Waals surface area contributed by atoms with Gasteiger partial charge in [0.15, 0.2) is 17.2 Å². The van der Waals surface area contributed by atoms with Gasteiger partial charge in [0.25, 0.3) is 29.3 Å². The van der Waals surface area contributed by atoms with Crippen LogP contribution in [0.15, 0.2) is 77.9 Å². The fraction of sp³-hybridized carbons (Fsp3) is 0.267. The Kier molecular flexibility index (Phi) is 20.1. The second-order valence-corrected chi connectivity index (χ2v) is 22.4. The number of hydrogen-bond acceptors (Lipinski definition) is 19. The van der Waals surface area contributed by atoms with Crippen molar-refractivity contribution in [2.24, 2.45) is 0 Å². The number of benzene rings is 2. The molecule has 0 saturated heterocycles. The van der Waals surface area contributed by atoms with Crippen molar-refractivity contribution < 1.29 is 19.1 Å². The van der Waals surface area contributed by atoms with Gasteiger partial charge in [-0.25, -0.2) is 4.98 Å². The number of ether oxygens (including phenoxy) is 2. The molecule has 0 atom stereocenters. The Morgan fingerprint density at radius 1 is 0.551 bits per heavy atom. The largest absolute Gasteiger partial charge is 0.493 e. The average Bonchev–Trinajstić information content (AvgIpc) is 2.00. The summed E-state index contributed by atoms with van der Waals surface area (Å²) in [5.74, 6) is 4.30. The zero-order valence-corrected chi connectivity index (χ0v) is 51.9. The molecule has 2 amide bonds. The van der Waals surface area contributed by atoms with Crippen molar-refractivity contribution in [2.75, 3.05) is 56.1 Å². The molecule has 5 aliphatic rings. The second kappa shape index (κ2) is 28.2. The van der Waals surface area contributed by atoms with Gasteiger partial charge in [-0.15, -0.1) is 4.98 Å². The maximum Gasteiger partial charge on any atom is 0.304 e. The molecule has 13 rings (SSSR count). The van der Waals surface area contributed by atoms with Gasteiger partial charge in [-0.05, 0) is 109 Å². The van der Waals surface area contributed by atoms with Crippen molar-refractivity contribution >= 4 is 126 Å². The van der Waals surface area contributed by atoms with E-state index in [1.807, 2.05) is 24.3 Å². The molecule has 2 aliphatic heterocycles. The molecule has 25 nitrogen and oxygen atoms in total. The van der Waals surface area contributed by atoms with Crippen LogP contribution < -0.4 is 37.3 Å². The molecule has 3 saturated carbocycles. The summed E-state index contributed by atoms with van der Waals surface area (Å²) in [5, 5.41) is 7.76. The molecule has 8 N–H and O–H groups in total. The van der Waals surface area contributed by atoms with E-state index in [9.17, 15) is 9.59 Å². The number of nitrogen functional groups attached to an aromatic ring is 3. The third kappa shape index (κ3) is 15.4. The first kappa shape index (κ1) is 63.4. The third-order valence-corrected chi connectivity index (χ3v) is 15.2. The number of halogens is 4. The van der Waals surface area contributed by atoms with Crippen molar-refractivity contribution in [2.45, 2.75) is 75.8 Å². The number of carbonyl (C=O) groups is 2. The predicted octanol–water partition coefficient (Wildman–Crippen LogP) is 13.0. The number of anilines is 7. The molecular formula is C60H53BrCl3N21O4. The number of rotatable bonds is 11. The van der Waals surface area contributed by atoms with Gasteiger partial charge < -0.3 is 66.5 Å². The third-order valence-electron chi connectivity index (χ3n) is 13.8. The fourth-order valence-corrected chi connectivity index (χ4v) is 10.2. The Hall–Kier alpha value is -10.1. The zero-order valence-electron chi connectivity index (χ0n) is 48.1. The summed E-state index contributed by atoms with van der Waals surface area (Å²) in [6.07, 6.45) is 13.2. The van der Waals surface area contributed by atoms with Crippen LogP contribution in [0.3, 0.4) is 0 Å². The number of aromatic nitrogens is 10. The summed E-state index contributed by atoms with van der Waals surface area (Å²) >= 11 is 21.5. The average molecular weight is 1320 g/mol. The van der Waals surface area contributed by atoms with Crippen LogP contribution in [0.4, 0.5) is 63.5 Å². The highest BCUT2D eigenvalue weighted by molar-refractivity contribution is 9.10. The van der Waals surface area contributed by atoms with Crippen molar-refractivity contribution in [3.8, 4) is 11.5 Å². The van der Waals surface area contributed by atoms with Gasteiger partial charge in [-0.3, -0.25) is 34.5 Å². The molecule has 6 aromatic heterocycles. The minimum Gasteiger partial charge on any atom is -0.493 e. The number of hydrogen-bond donors (Lipinski definition) is 5. The lowest BCUT2D eigenvalue weighted by molar-refractivity contribution is 0.0809. The molecule has 29 heteroatoms. The van der Waals surface area contributed by atoms with E-state index in [1.165, 1.54) is 25.7 Å². The Labute approximate surface area is 534 Å². The Bertz CT molecular complexity index is 4160. The predicted molar refractivity (Wildman–Crippen MR) is 340 cm³/mol. The molecule has 450 valence electrons. The summed E-state index contributed by atoms with van der Waals surface area (Å²) < 4.78 is 11.2. The number of nitrogens with one attached hydrogen (secondary N) is 2. The molecule has 8 aromatic rings. The number of amides is 2. The minimum atomic E-state index is -0.101. The van der Waals surface area contributed by atoms with Crippen molar-refractivity contribution in [3.05, 3.63) is 190 Å². The number of carbonyl (C=O) groups excluding carboxylic acids is 2. The van der Waals surface area contributed by atoms with Crippen molar-refractivity contribution in [1.82, 2.24) is 59.6 Å². The van der Waals surface area contributed by atoms with E-state index in [4.69, 9.17) is 92.8 Å². The highest BCUT2D eigenvalue weighted by Crippen LogP contribution is 2.45. The number of para-hydroxylation sites is 2. The first-order valence-corrected chi connectivity index (χ1v) is 29.1. The lowest BCUT2D eigenvalue weighted by Gasteiger charge is -2.15. The number of methoxy groups -OCH3 is 2. The van der Waals surface area contributed by atoms with E-state index >= 15 is 0 Å². The smallest absolute Gasteiger partial charge is 0.304 e. The molecule has 89 heavy (non-hydrogen) atoms. The maximum absolute atomic E-state index is 12.8. The van der Waals surface area contributed by atoms with Crippen LogP contribution in [0.2, 0.25) is 15.2 Å². The molecular weight excluding hydrogens is 1270 g/mol. The van der Waals surface area contributed by atoms with Gasteiger partial charge in [0.1, 0.15) is 9.76 Å². The van der Waals surface area contributed by atoms with Gasteiger partial charge in [-0.2, -0.15) is 0 Å². The van der Waals surface area contributed by atoms with Gasteiger partial charge in [0.2, 0.25) is 17.5 Å². The quantitative estimate of drug-likeness (QED) is 0.0593. The first-order chi connectivity index (χ1) is 42.8. The van der Waals surface area contributed by atoms with E-state index in [2.05, 4.69) is 90.8 Å². The maximum atomic E-state index is 12.8. The lowest BCUT2D eigenvalue weighted by atomic mass is 10.1. The van der Waals surface area contributed by atoms with E-state index in [1.54, 1.807) is 61.5 Å². The van der Waals surface area contributed by atoms with Crippen molar-refractivity contribution in [3.63, 3.8) is 0 Å². The van der Waals surface area contributed by atoms with Gasteiger partial charge in [0.05, 0.1) is 137 Å². The Balaban J connectivity index is 0.000000144. The van der Waals surface area contributed by atoms with Gasteiger partial charge in [0, 0.05) is 14.1 Å². The number of nitrogens with zero attached hydrogens (tertiary/aromatic N) is 16. The fourth-order valence-electron chi connectivity index (χ4n) is 9.24. The molecule has 0 spiro atoms. The normalized spacial score (nSPS) is 13.9. The van der Waals surface area contributed by atoms with Gasteiger partial charge >= 0.3 is 5.82 Å². The lowest BCUT2D eigenvalue weighted by Crippen LogP contribution is -2.18. The van der Waals surface area contributed by atoms with Crippen LogP contribution in [0.5, 0.6) is 11.5 Å². The summed E-state index contributed by atoms with van der Waals surface area (Å²) in [7, 11) is 6.56. The standard InChI is InChI=1S/C24H21ClN6O2.C15H13Cl2N3O2.2C8H8N4.C5H3BrN4/c1-26-23-21(13-7-8-13)27-11-15(29-23)9-14-10-18(20-19(28-14)12-31(2)24(20)32)30-17-6-4-5-16(25)22(17)33-3;1-20-7-11-13(15(20)21)10(6-12(17)19-11)18-9-5-3-4-8(16)14(9)22-2;2*1-10-8-7(5-2-3-5)11-4-6(9)12-8;1-8-5-4(6)9-2-3(7)10-5/h4-6,10-11,13H,7-9,12H2,2-3H3,(H,28,30);3-6H,7H2,1-2H3,(H,18,19);2*4-5H,2-3H2,(H2,9,12);2H,(H2,7,10). The molecule has 2 aromatic carbocycles. The molecule has 0 bridgehead atoms. The molecule has 0 unspecified atom stereocenters. The summed E-state index contributed by atoms with van der Waals surface area (Å²) in [6.45, 7) is 28.7. The van der Waals surface area contributed by atoms with Crippen LogP contribution in [-0.2, 0) is 19.5 Å². The Morgan fingerprint density at radius 3 is 1.38 bits per heavy atom. The van der Waals surface area contributed by atoms with E-state index < -0.39 is 0 Å². The minimum absolute atomic E-state index is 0.0948. The van der Waals surface area contributed by atoms with E-state index in [0.29, 0.717) is 149 Å². The van der Waals surface area contributed by atoms with Crippen LogP contribution >= 0.6 is 50.7 Å². The molecule has 3 aliphatic carbocycles. The van der Waals surface area contributed by atoms with Gasteiger partial charge in [-0.1, -0.05) is 88.2 Å². The van der Waals surface area contributed by atoms with Crippen molar-refractivity contribution in [1.29, 1.82) is 0 Å². The molecule has 8 heterocycles. The number of fused-ring (bicyclic) bond motifs is 2. The monoisotopic (exact) mass is 1320 g/mol. The van der Waals surface area contributed by atoms with Crippen LogP contribution in [0.25, 0.3) is 19.4 Å². The molecule has 3 fully saturated rings. The van der Waals surface area contributed by atoms with E-state index in [0.717, 1.165) is 61.3 Å². The summed E-state index contributed by atoms with van der Waals surface area (Å²) in [4.78, 5) is 83.1. The number of pyridine rings is 2. The zero-order chi connectivity index (χ0) is 63.6. The second-order valence-electron chi connectivity index (χ2n) is 20.4. The highest BCUT2D eigenvalue weighted by atomic mass is 79.9. The van der Waals surface area contributed by atoms with Crippen LogP contribution in [0, 0.1) is 26.3 Å². The summed E-state index contributed by atoms with van der Waals surface area (Å²) in [6, 6.07) is 14.2. The van der Waals surface area contributed by atoms with Crippen LogP contribution in [-0.4, -0.2) is 99.8 Å². The Morgan fingerprint density at radius 2 is 0.955 bits per heavy atom. The van der Waals surface area contributed by atoms with Crippen LogP contribution in [0.1, 0.15) is 117 Å². The molecule has 0 radical (unpaired) electrons. The first-order valence-electron chi connectivity index (χ1n) is 27.2. The van der Waals surface area contributed by atoms with E-state index in [-0.39, 0.29) is 23.5 Å². The highest BCUT2D eigenvalue weighted by Gasteiger charge is 2.34. The topological polar surface area (TPSA) is 308 Å². The summed E-state index contributed by atoms with van der Waals surface area (Å²) in [5.41, 5.74) is 24.8.